The van der Waals surface area contributed by atoms with E-state index < -0.39 is 49.5 Å². The monoisotopic (exact) mass is 381 g/mol. The van der Waals surface area contributed by atoms with E-state index in [-0.39, 0.29) is 0 Å². The average Bonchev–Trinajstić information content (AvgIpc) is 2.90. The minimum Gasteiger partial charge on any atom is -0.399 e. The summed E-state index contributed by atoms with van der Waals surface area (Å²) in [5, 5.41) is 20.6. The van der Waals surface area contributed by atoms with Gasteiger partial charge in [-0.3, -0.25) is 19.1 Å². The first-order valence-corrected chi connectivity index (χ1v) is 8.80. The number of rotatable bonds is 4. The van der Waals surface area contributed by atoms with Crippen molar-refractivity contribution in [3.8, 4) is 0 Å². The maximum Gasteiger partial charge on any atom is 0.330 e. The van der Waals surface area contributed by atoms with Crippen molar-refractivity contribution in [3.63, 3.8) is 0 Å². The lowest BCUT2D eigenvalue weighted by atomic mass is 10.1. The van der Waals surface area contributed by atoms with Gasteiger partial charge in [0.05, 0.1) is 0 Å². The van der Waals surface area contributed by atoms with Gasteiger partial charge in [-0.05, 0) is 24.3 Å². The van der Waals surface area contributed by atoms with Gasteiger partial charge in [0.2, 0.25) is 5.52 Å². The first kappa shape index (κ1) is 18.4. The van der Waals surface area contributed by atoms with Crippen molar-refractivity contribution in [1.29, 1.82) is 0 Å². The molecule has 0 radical (unpaired) electrons. The van der Waals surface area contributed by atoms with E-state index in [0.717, 1.165) is 16.8 Å². The van der Waals surface area contributed by atoms with Crippen LogP contribution in [0.2, 0.25) is 0 Å². The van der Waals surface area contributed by atoms with Crippen LogP contribution < -0.4 is 22.3 Å². The summed E-state index contributed by atoms with van der Waals surface area (Å²) in [6, 6.07) is 7.00. The molecule has 3 rings (SSSR count). The van der Waals surface area contributed by atoms with E-state index in [1.165, 1.54) is 24.3 Å². The Kier molecular flexibility index (Phi) is 5.03. The van der Waals surface area contributed by atoms with E-state index >= 15 is 0 Å². The number of aromatic amines is 1. The Morgan fingerprint density at radius 1 is 1.15 bits per heavy atom. The van der Waals surface area contributed by atoms with Crippen molar-refractivity contribution in [3.05, 3.63) is 57.4 Å². The predicted molar refractivity (Wildman–Crippen MR) is 91.9 cm³/mol. The van der Waals surface area contributed by atoms with Crippen LogP contribution in [0, 0.1) is 0 Å². The molecule has 1 unspecified atom stereocenters. The quantitative estimate of drug-likeness (QED) is 0.299. The fourth-order valence-corrected chi connectivity index (χ4v) is 3.72. The first-order valence-electron chi connectivity index (χ1n) is 7.51. The zero-order valence-corrected chi connectivity index (χ0v) is 14.1. The molecule has 6 N–H and O–H groups in total. The molecule has 1 aliphatic rings. The van der Waals surface area contributed by atoms with Crippen molar-refractivity contribution in [2.75, 3.05) is 5.73 Å². The van der Waals surface area contributed by atoms with Gasteiger partial charge in [0.1, 0.15) is 20.4 Å². The maximum atomic E-state index is 12.5. The third kappa shape index (κ3) is 3.33. The number of ether oxygens (including phenoxy) is 1. The summed E-state index contributed by atoms with van der Waals surface area (Å²) in [4.78, 5) is 47.7. The lowest BCUT2D eigenvalue weighted by Crippen LogP contribution is -2.38. The Labute approximate surface area is 147 Å². The molecule has 0 spiro atoms. The second kappa shape index (κ2) is 7.10. The normalized spacial score (nSPS) is 26.6. The minimum absolute atomic E-state index is 0.300. The molecule has 26 heavy (non-hydrogen) atoms. The number of carbonyl (C=O) groups is 1. The van der Waals surface area contributed by atoms with Crippen molar-refractivity contribution in [2.45, 2.75) is 24.5 Å². The summed E-state index contributed by atoms with van der Waals surface area (Å²) >= 11 is 0. The van der Waals surface area contributed by atoms with Crippen molar-refractivity contribution < 1.29 is 24.6 Å². The number of carbonyl (C=O) groups excluding carboxylic acids is 1. The summed E-state index contributed by atoms with van der Waals surface area (Å²) in [6.07, 6.45) is -5.11. The third-order valence-corrected chi connectivity index (χ3v) is 5.41. The highest BCUT2D eigenvalue weighted by atomic mass is 31.1. The van der Waals surface area contributed by atoms with Crippen LogP contribution in [0.25, 0.3) is 0 Å². The van der Waals surface area contributed by atoms with Gasteiger partial charge in [0, 0.05) is 23.3 Å². The number of benzene rings is 1. The van der Waals surface area contributed by atoms with Crippen LogP contribution in [-0.4, -0.2) is 48.5 Å². The van der Waals surface area contributed by atoms with Crippen LogP contribution in [-0.2, 0) is 9.53 Å². The zero-order chi connectivity index (χ0) is 19.0. The predicted octanol–water partition coefficient (Wildman–Crippen LogP) is -2.02. The summed E-state index contributed by atoms with van der Waals surface area (Å²) < 4.78 is 6.20. The third-order valence-electron chi connectivity index (χ3n) is 3.95. The molecule has 0 saturated carbocycles. The zero-order valence-electron chi connectivity index (χ0n) is 13.2. The van der Waals surface area contributed by atoms with Gasteiger partial charge in [-0.15, -0.1) is 0 Å². The standard InChI is InChI=1S/C15H16N3O7P/c16-7-1-3-8(4-2-7)26(24)14(22)12-10(20)11(21)13(25-12)18-6-5-9(19)17-15(18)23/h1-6,10-13,20-21,24H,16H2,(H,17,19,23)/t10-,11+,12-,13+,26?/m0/s1. The number of nitrogen functional groups attached to an aromatic ring is 1. The Morgan fingerprint density at radius 3 is 2.42 bits per heavy atom. The SMILES string of the molecule is Nc1ccc(P(O)C(=O)[C@H]2O[C@@H](n3ccc(=O)[nH]c3=O)[C@H](O)[C@@H]2O)cc1. The molecular weight excluding hydrogens is 365 g/mol. The Hall–Kier alpha value is -2.36. The molecule has 11 heteroatoms. The topological polar surface area (TPSA) is 168 Å². The van der Waals surface area contributed by atoms with E-state index in [1.807, 2.05) is 4.98 Å². The van der Waals surface area contributed by atoms with Crippen LogP contribution in [0.4, 0.5) is 5.69 Å². The lowest BCUT2D eigenvalue weighted by molar-refractivity contribution is -0.127. The Morgan fingerprint density at radius 2 is 1.81 bits per heavy atom. The Balaban J connectivity index is 1.84. The highest BCUT2D eigenvalue weighted by molar-refractivity contribution is 7.76. The van der Waals surface area contributed by atoms with Crippen LogP contribution in [0.15, 0.2) is 46.1 Å². The van der Waals surface area contributed by atoms with Crippen molar-refractivity contribution >= 4 is 24.7 Å². The highest BCUT2D eigenvalue weighted by Crippen LogP contribution is 2.39. The van der Waals surface area contributed by atoms with Gasteiger partial charge >= 0.3 is 5.69 Å². The molecule has 2 heterocycles. The summed E-state index contributed by atoms with van der Waals surface area (Å²) in [5.74, 6) is 0. The van der Waals surface area contributed by atoms with Crippen LogP contribution >= 0.6 is 8.15 Å². The largest absolute Gasteiger partial charge is 0.399 e. The smallest absolute Gasteiger partial charge is 0.330 e. The van der Waals surface area contributed by atoms with Crippen LogP contribution in [0.1, 0.15) is 6.23 Å². The fraction of sp³-hybridized carbons (Fsp3) is 0.267. The van der Waals surface area contributed by atoms with E-state index in [4.69, 9.17) is 10.5 Å². The van der Waals surface area contributed by atoms with E-state index in [1.54, 1.807) is 0 Å². The summed E-state index contributed by atoms with van der Waals surface area (Å²) in [7, 11) is -2.34. The number of hydrogen-bond donors (Lipinski definition) is 5. The van der Waals surface area contributed by atoms with E-state index in [9.17, 15) is 29.5 Å². The number of nitrogens with zero attached hydrogens (tertiary/aromatic N) is 1. The van der Waals surface area contributed by atoms with Gasteiger partial charge in [-0.2, -0.15) is 0 Å². The van der Waals surface area contributed by atoms with E-state index in [2.05, 4.69) is 0 Å². The molecule has 0 bridgehead atoms. The van der Waals surface area contributed by atoms with Gasteiger partial charge in [-0.25, -0.2) is 4.79 Å². The highest BCUT2D eigenvalue weighted by Gasteiger charge is 2.49. The molecule has 5 atom stereocenters. The molecule has 2 aromatic rings. The molecule has 1 aliphatic heterocycles. The lowest BCUT2D eigenvalue weighted by Gasteiger charge is -2.17. The number of aliphatic hydroxyl groups excluding tert-OH is 2. The molecule has 0 amide bonds. The van der Waals surface area contributed by atoms with Gasteiger partial charge in [0.15, 0.2) is 12.3 Å². The number of nitrogens with two attached hydrogens (primary N) is 1. The molecule has 1 fully saturated rings. The molecule has 1 saturated heterocycles. The molecular formula is C15H16N3O7P. The molecule has 1 aromatic heterocycles. The second-order valence-corrected chi connectivity index (χ2v) is 7.27. The number of hydrogen-bond acceptors (Lipinski definition) is 8. The fourth-order valence-electron chi connectivity index (χ4n) is 2.58. The first-order chi connectivity index (χ1) is 12.3. The number of H-pyrrole nitrogens is 1. The number of aromatic nitrogens is 2. The molecule has 1 aromatic carbocycles. The van der Waals surface area contributed by atoms with Gasteiger partial charge in [-0.1, -0.05) is 0 Å². The van der Waals surface area contributed by atoms with Gasteiger partial charge < -0.3 is 25.6 Å². The minimum atomic E-state index is -2.34. The average molecular weight is 381 g/mol. The van der Waals surface area contributed by atoms with E-state index in [0.29, 0.717) is 11.0 Å². The van der Waals surface area contributed by atoms with Crippen molar-refractivity contribution in [2.24, 2.45) is 0 Å². The summed E-state index contributed by atoms with van der Waals surface area (Å²) in [6.45, 7) is 0. The Bertz CT molecular complexity index is 926. The maximum absolute atomic E-state index is 12.5. The van der Waals surface area contributed by atoms with Crippen LogP contribution in [0.5, 0.6) is 0 Å². The second-order valence-electron chi connectivity index (χ2n) is 5.69. The number of nitrogens with one attached hydrogen (secondary N) is 1. The molecule has 138 valence electrons. The molecule has 10 nitrogen and oxygen atoms in total. The van der Waals surface area contributed by atoms with Crippen LogP contribution in [0.3, 0.4) is 0 Å². The number of anilines is 1. The van der Waals surface area contributed by atoms with Gasteiger partial charge in [0.25, 0.3) is 5.56 Å². The molecule has 0 aliphatic carbocycles. The van der Waals surface area contributed by atoms with Crippen molar-refractivity contribution in [1.82, 2.24) is 9.55 Å². The summed E-state index contributed by atoms with van der Waals surface area (Å²) in [5.41, 5.74) is 3.68. The number of aliphatic hydroxyl groups is 2.